The Bertz CT molecular complexity index is 659. The molecule has 3 N–H and O–H groups in total. The van der Waals surface area contributed by atoms with Crippen LogP contribution in [0.5, 0.6) is 5.75 Å². The molecule has 0 saturated carbocycles. The highest BCUT2D eigenvalue weighted by atomic mass is 16.5. The maximum atomic E-state index is 6.36. The van der Waals surface area contributed by atoms with Crippen LogP contribution in [-0.2, 0) is 4.74 Å². The van der Waals surface area contributed by atoms with E-state index in [4.69, 9.17) is 15.2 Å². The van der Waals surface area contributed by atoms with Crippen LogP contribution in [0.3, 0.4) is 0 Å². The average Bonchev–Trinajstić information content (AvgIpc) is 2.56. The molecule has 0 spiro atoms. The molecule has 1 heterocycles. The van der Waals surface area contributed by atoms with Gasteiger partial charge in [-0.25, -0.2) is 4.98 Å². The Hall–Kier alpha value is -2.27. The van der Waals surface area contributed by atoms with E-state index in [1.807, 2.05) is 31.2 Å². The van der Waals surface area contributed by atoms with E-state index >= 15 is 0 Å². The number of anilines is 2. The number of nitrogens with zero attached hydrogens (tertiary/aromatic N) is 1. The molecule has 1 atom stereocenters. The molecular formula is C18H25N3O2. The maximum Gasteiger partial charge on any atom is 0.150 e. The van der Waals surface area contributed by atoms with Crippen molar-refractivity contribution in [3.8, 4) is 16.9 Å². The second kappa shape index (κ2) is 7.83. The van der Waals surface area contributed by atoms with Gasteiger partial charge in [-0.3, -0.25) is 0 Å². The van der Waals surface area contributed by atoms with Gasteiger partial charge in [0.15, 0.2) is 0 Å². The van der Waals surface area contributed by atoms with Crippen LogP contribution in [-0.4, -0.2) is 31.9 Å². The Labute approximate surface area is 137 Å². The number of hydrogen-bond acceptors (Lipinski definition) is 5. The third-order valence-electron chi connectivity index (χ3n) is 3.92. The van der Waals surface area contributed by atoms with Crippen molar-refractivity contribution < 1.29 is 9.47 Å². The Morgan fingerprint density at radius 2 is 2.00 bits per heavy atom. The maximum absolute atomic E-state index is 6.36. The summed E-state index contributed by atoms with van der Waals surface area (Å²) in [7, 11) is 3.36. The SMILES string of the molecule is CCC(COC)Nc1nccc(-c2ccc(OC)cc2C)c1N. The van der Waals surface area contributed by atoms with Crippen LogP contribution in [0.2, 0.25) is 0 Å². The van der Waals surface area contributed by atoms with Gasteiger partial charge in [0.2, 0.25) is 0 Å². The summed E-state index contributed by atoms with van der Waals surface area (Å²) in [5.41, 5.74) is 10.2. The number of pyridine rings is 1. The summed E-state index contributed by atoms with van der Waals surface area (Å²) in [6, 6.07) is 8.09. The van der Waals surface area contributed by atoms with Crippen molar-refractivity contribution in [1.82, 2.24) is 4.98 Å². The summed E-state index contributed by atoms with van der Waals surface area (Å²) >= 11 is 0. The van der Waals surface area contributed by atoms with Crippen molar-refractivity contribution in [1.29, 1.82) is 0 Å². The predicted molar refractivity (Wildman–Crippen MR) is 95.0 cm³/mol. The molecule has 1 unspecified atom stereocenters. The van der Waals surface area contributed by atoms with Gasteiger partial charge in [0.05, 0.1) is 25.4 Å². The largest absolute Gasteiger partial charge is 0.497 e. The van der Waals surface area contributed by atoms with Crippen molar-refractivity contribution in [2.24, 2.45) is 0 Å². The van der Waals surface area contributed by atoms with E-state index in [1.54, 1.807) is 20.4 Å². The summed E-state index contributed by atoms with van der Waals surface area (Å²) in [5, 5.41) is 3.36. The molecule has 0 fully saturated rings. The minimum Gasteiger partial charge on any atom is -0.497 e. The Balaban J connectivity index is 2.36. The summed E-state index contributed by atoms with van der Waals surface area (Å²) in [6.45, 7) is 4.76. The van der Waals surface area contributed by atoms with E-state index in [-0.39, 0.29) is 6.04 Å². The zero-order valence-corrected chi connectivity index (χ0v) is 14.2. The monoisotopic (exact) mass is 315 g/mol. The number of aryl methyl sites for hydroxylation is 1. The predicted octanol–water partition coefficient (Wildman–Crippen LogP) is 3.48. The van der Waals surface area contributed by atoms with Gasteiger partial charge in [-0.1, -0.05) is 13.0 Å². The summed E-state index contributed by atoms with van der Waals surface area (Å²) in [6.07, 6.45) is 2.71. The zero-order valence-electron chi connectivity index (χ0n) is 14.2. The molecule has 0 radical (unpaired) electrons. The molecule has 5 heteroatoms. The minimum atomic E-state index is 0.182. The molecule has 1 aromatic carbocycles. The fourth-order valence-corrected chi connectivity index (χ4v) is 2.54. The quantitative estimate of drug-likeness (QED) is 0.818. The van der Waals surface area contributed by atoms with Gasteiger partial charge in [0.1, 0.15) is 11.6 Å². The van der Waals surface area contributed by atoms with Gasteiger partial charge in [0.25, 0.3) is 0 Å². The summed E-state index contributed by atoms with van der Waals surface area (Å²) in [4.78, 5) is 4.38. The number of methoxy groups -OCH3 is 2. The van der Waals surface area contributed by atoms with Crippen molar-refractivity contribution in [3.63, 3.8) is 0 Å². The molecule has 0 bridgehead atoms. The number of nitrogen functional groups attached to an aromatic ring is 1. The standard InChI is InChI=1S/C18H25N3O2/c1-5-13(11-22-3)21-18-17(19)16(8-9-20-18)15-7-6-14(23-4)10-12(15)2/h6-10,13H,5,11,19H2,1-4H3,(H,20,21). The zero-order chi connectivity index (χ0) is 16.8. The Morgan fingerprint density at radius 1 is 1.22 bits per heavy atom. The molecule has 0 aliphatic carbocycles. The van der Waals surface area contributed by atoms with Gasteiger partial charge in [-0.05, 0) is 42.7 Å². The molecule has 1 aromatic heterocycles. The highest BCUT2D eigenvalue weighted by molar-refractivity contribution is 5.85. The van der Waals surface area contributed by atoms with Gasteiger partial charge in [0, 0.05) is 18.9 Å². The topological polar surface area (TPSA) is 69.4 Å². The van der Waals surface area contributed by atoms with Crippen LogP contribution in [0.25, 0.3) is 11.1 Å². The normalized spacial score (nSPS) is 12.0. The third kappa shape index (κ3) is 3.93. The fraction of sp³-hybridized carbons (Fsp3) is 0.389. The highest BCUT2D eigenvalue weighted by Gasteiger charge is 2.14. The smallest absolute Gasteiger partial charge is 0.150 e. The van der Waals surface area contributed by atoms with E-state index in [2.05, 4.69) is 17.2 Å². The number of rotatable bonds is 7. The Kier molecular flexibility index (Phi) is 5.82. The molecule has 0 saturated heterocycles. The average molecular weight is 315 g/mol. The first kappa shape index (κ1) is 17.1. The molecule has 5 nitrogen and oxygen atoms in total. The Morgan fingerprint density at radius 3 is 2.61 bits per heavy atom. The number of hydrogen-bond donors (Lipinski definition) is 2. The molecule has 124 valence electrons. The van der Waals surface area contributed by atoms with Crippen LogP contribution in [0.15, 0.2) is 30.5 Å². The number of ether oxygens (including phenoxy) is 2. The van der Waals surface area contributed by atoms with Crippen molar-refractivity contribution >= 4 is 11.5 Å². The van der Waals surface area contributed by atoms with E-state index in [0.717, 1.165) is 28.9 Å². The van der Waals surface area contributed by atoms with Crippen LogP contribution < -0.4 is 15.8 Å². The molecule has 0 aliphatic heterocycles. The number of nitrogens with two attached hydrogens (primary N) is 1. The number of aromatic nitrogens is 1. The molecule has 2 aromatic rings. The molecule has 2 rings (SSSR count). The van der Waals surface area contributed by atoms with Crippen LogP contribution in [0.4, 0.5) is 11.5 Å². The lowest BCUT2D eigenvalue weighted by Crippen LogP contribution is -2.25. The molecular weight excluding hydrogens is 290 g/mol. The second-order valence-corrected chi connectivity index (χ2v) is 5.51. The van der Waals surface area contributed by atoms with Gasteiger partial charge < -0.3 is 20.5 Å². The van der Waals surface area contributed by atoms with Crippen molar-refractivity contribution in [2.75, 3.05) is 31.9 Å². The lowest BCUT2D eigenvalue weighted by atomic mass is 9.99. The van der Waals surface area contributed by atoms with Gasteiger partial charge in [-0.15, -0.1) is 0 Å². The lowest BCUT2D eigenvalue weighted by molar-refractivity contribution is 0.184. The first-order chi connectivity index (χ1) is 11.1. The number of benzene rings is 1. The van der Waals surface area contributed by atoms with Crippen molar-refractivity contribution in [3.05, 3.63) is 36.0 Å². The third-order valence-corrected chi connectivity index (χ3v) is 3.92. The van der Waals surface area contributed by atoms with Crippen LogP contribution in [0.1, 0.15) is 18.9 Å². The van der Waals surface area contributed by atoms with Crippen LogP contribution in [0, 0.1) is 6.92 Å². The molecule has 0 amide bonds. The molecule has 0 aliphatic rings. The van der Waals surface area contributed by atoms with E-state index in [0.29, 0.717) is 18.1 Å². The first-order valence-corrected chi connectivity index (χ1v) is 7.75. The van der Waals surface area contributed by atoms with Crippen LogP contribution >= 0.6 is 0 Å². The lowest BCUT2D eigenvalue weighted by Gasteiger charge is -2.19. The van der Waals surface area contributed by atoms with Gasteiger partial charge >= 0.3 is 0 Å². The minimum absolute atomic E-state index is 0.182. The van der Waals surface area contributed by atoms with Gasteiger partial charge in [-0.2, -0.15) is 0 Å². The first-order valence-electron chi connectivity index (χ1n) is 7.75. The second-order valence-electron chi connectivity index (χ2n) is 5.51. The number of nitrogens with one attached hydrogen (secondary N) is 1. The summed E-state index contributed by atoms with van der Waals surface area (Å²) < 4.78 is 10.5. The molecule has 23 heavy (non-hydrogen) atoms. The van der Waals surface area contributed by atoms with Crippen molar-refractivity contribution in [2.45, 2.75) is 26.3 Å². The fourth-order valence-electron chi connectivity index (χ4n) is 2.54. The highest BCUT2D eigenvalue weighted by Crippen LogP contribution is 2.34. The van der Waals surface area contributed by atoms with E-state index in [9.17, 15) is 0 Å². The van der Waals surface area contributed by atoms with E-state index < -0.39 is 0 Å². The summed E-state index contributed by atoms with van der Waals surface area (Å²) in [5.74, 6) is 1.53. The van der Waals surface area contributed by atoms with E-state index in [1.165, 1.54) is 0 Å².